The SMILES string of the molecule is COc1ccc(NS(=O)(=O)/C=C/c2ccc(Cl)cc2)cc1S(N)(=O)=O. The zero-order valence-electron chi connectivity index (χ0n) is 13.0. The number of methoxy groups -OCH3 is 1. The summed E-state index contributed by atoms with van der Waals surface area (Å²) in [5, 5.41) is 6.59. The van der Waals surface area contributed by atoms with E-state index in [4.69, 9.17) is 21.5 Å². The molecule has 0 saturated heterocycles. The minimum Gasteiger partial charge on any atom is -0.495 e. The Labute approximate surface area is 151 Å². The first-order valence-electron chi connectivity index (χ1n) is 6.78. The van der Waals surface area contributed by atoms with Gasteiger partial charge in [-0.2, -0.15) is 0 Å². The predicted octanol–water partition coefficient (Wildman–Crippen LogP) is 2.41. The van der Waals surface area contributed by atoms with Crippen LogP contribution in [0.1, 0.15) is 5.56 Å². The third-order valence-corrected chi connectivity index (χ3v) is 5.24. The Morgan fingerprint density at radius 2 is 1.72 bits per heavy atom. The van der Waals surface area contributed by atoms with E-state index in [1.165, 1.54) is 25.3 Å². The van der Waals surface area contributed by atoms with Crippen LogP contribution < -0.4 is 14.6 Å². The molecule has 0 amide bonds. The summed E-state index contributed by atoms with van der Waals surface area (Å²) in [5.74, 6) is 0.0159. The standard InChI is InChI=1S/C15H15ClN2O5S2/c1-23-14-7-6-13(10-15(14)25(17,21)22)18-24(19,20)9-8-11-2-4-12(16)5-3-11/h2-10,18H,1H3,(H2,17,21,22)/b9-8+. The van der Waals surface area contributed by atoms with Gasteiger partial charge in [0, 0.05) is 5.02 Å². The Hall–Kier alpha value is -2.07. The average Bonchev–Trinajstić information content (AvgIpc) is 2.53. The first-order chi connectivity index (χ1) is 11.6. The van der Waals surface area contributed by atoms with Crippen LogP contribution in [0.15, 0.2) is 52.8 Å². The van der Waals surface area contributed by atoms with E-state index in [9.17, 15) is 16.8 Å². The molecular formula is C15H15ClN2O5S2. The second-order valence-corrected chi connectivity index (χ2v) is 8.44. The molecule has 0 unspecified atom stereocenters. The number of benzene rings is 2. The van der Waals surface area contributed by atoms with Crippen LogP contribution >= 0.6 is 11.6 Å². The fourth-order valence-electron chi connectivity index (χ4n) is 1.90. The van der Waals surface area contributed by atoms with Gasteiger partial charge in [-0.3, -0.25) is 4.72 Å². The van der Waals surface area contributed by atoms with E-state index in [-0.39, 0.29) is 16.3 Å². The minimum atomic E-state index is -4.07. The fraction of sp³-hybridized carbons (Fsp3) is 0.0667. The topological polar surface area (TPSA) is 116 Å². The molecule has 0 aromatic heterocycles. The lowest BCUT2D eigenvalue weighted by molar-refractivity contribution is 0.403. The van der Waals surface area contributed by atoms with Gasteiger partial charge < -0.3 is 4.74 Å². The normalized spacial score (nSPS) is 12.3. The lowest BCUT2D eigenvalue weighted by Crippen LogP contribution is -2.15. The van der Waals surface area contributed by atoms with Gasteiger partial charge in [-0.25, -0.2) is 22.0 Å². The molecular weight excluding hydrogens is 388 g/mol. The summed E-state index contributed by atoms with van der Waals surface area (Å²) in [6, 6.07) is 10.3. The fourth-order valence-corrected chi connectivity index (χ4v) is 3.61. The van der Waals surface area contributed by atoms with Crippen LogP contribution in [-0.4, -0.2) is 23.9 Å². The molecule has 0 aliphatic carbocycles. The molecule has 0 radical (unpaired) electrons. The summed E-state index contributed by atoms with van der Waals surface area (Å²) < 4.78 is 54.5. The maximum Gasteiger partial charge on any atom is 0.255 e. The van der Waals surface area contributed by atoms with Crippen LogP contribution in [0.3, 0.4) is 0 Å². The number of nitrogens with one attached hydrogen (secondary N) is 1. The molecule has 0 spiro atoms. The number of hydrogen-bond acceptors (Lipinski definition) is 5. The van der Waals surface area contributed by atoms with Crippen molar-refractivity contribution in [3.63, 3.8) is 0 Å². The van der Waals surface area contributed by atoms with E-state index in [0.717, 1.165) is 11.5 Å². The third-order valence-electron chi connectivity index (χ3n) is 3.04. The Bertz CT molecular complexity index is 1000. The minimum absolute atomic E-state index is 0.0159. The molecule has 134 valence electrons. The van der Waals surface area contributed by atoms with E-state index < -0.39 is 20.0 Å². The van der Waals surface area contributed by atoms with Gasteiger partial charge in [0.25, 0.3) is 10.0 Å². The number of primary sulfonamides is 1. The number of hydrogen-bond donors (Lipinski definition) is 2. The van der Waals surface area contributed by atoms with Gasteiger partial charge in [0.15, 0.2) is 0 Å². The van der Waals surface area contributed by atoms with Crippen LogP contribution in [0, 0.1) is 0 Å². The van der Waals surface area contributed by atoms with E-state index in [1.807, 2.05) is 0 Å². The molecule has 7 nitrogen and oxygen atoms in total. The highest BCUT2D eigenvalue weighted by Crippen LogP contribution is 2.26. The van der Waals surface area contributed by atoms with Crippen LogP contribution in [0.25, 0.3) is 6.08 Å². The van der Waals surface area contributed by atoms with Crippen molar-refractivity contribution in [3.05, 3.63) is 58.5 Å². The summed E-state index contributed by atoms with van der Waals surface area (Å²) >= 11 is 5.76. The van der Waals surface area contributed by atoms with Gasteiger partial charge >= 0.3 is 0 Å². The van der Waals surface area contributed by atoms with Crippen molar-refractivity contribution in [3.8, 4) is 5.75 Å². The van der Waals surface area contributed by atoms with Gasteiger partial charge in [0.1, 0.15) is 10.6 Å². The summed E-state index contributed by atoms with van der Waals surface area (Å²) in [7, 11) is -6.66. The number of anilines is 1. The quantitative estimate of drug-likeness (QED) is 0.769. The van der Waals surface area contributed by atoms with Crippen molar-refractivity contribution in [1.82, 2.24) is 0 Å². The van der Waals surface area contributed by atoms with Crippen molar-refractivity contribution in [1.29, 1.82) is 0 Å². The number of nitrogens with two attached hydrogens (primary N) is 1. The Morgan fingerprint density at radius 1 is 1.08 bits per heavy atom. The smallest absolute Gasteiger partial charge is 0.255 e. The van der Waals surface area contributed by atoms with E-state index in [2.05, 4.69) is 4.72 Å². The zero-order chi connectivity index (χ0) is 18.7. The molecule has 2 aromatic carbocycles. The molecule has 0 fully saturated rings. The van der Waals surface area contributed by atoms with Gasteiger partial charge in [0.05, 0.1) is 18.2 Å². The predicted molar refractivity (Wildman–Crippen MR) is 97.4 cm³/mol. The molecule has 25 heavy (non-hydrogen) atoms. The molecule has 3 N–H and O–H groups in total. The zero-order valence-corrected chi connectivity index (χ0v) is 15.4. The molecule has 2 aromatic rings. The number of sulfonamides is 2. The second kappa shape index (κ2) is 7.44. The summed E-state index contributed by atoms with van der Waals surface area (Å²) in [5.41, 5.74) is 0.667. The van der Waals surface area contributed by atoms with Crippen LogP contribution in [0.5, 0.6) is 5.75 Å². The summed E-state index contributed by atoms with van der Waals surface area (Å²) in [4.78, 5) is -0.322. The van der Waals surface area contributed by atoms with Crippen molar-refractivity contribution in [2.45, 2.75) is 4.90 Å². The molecule has 0 saturated carbocycles. The van der Waals surface area contributed by atoms with Crippen molar-refractivity contribution in [2.24, 2.45) is 5.14 Å². The summed E-state index contributed by atoms with van der Waals surface area (Å²) in [6.07, 6.45) is 1.38. The third kappa shape index (κ3) is 5.46. The lowest BCUT2D eigenvalue weighted by atomic mass is 10.2. The number of halogens is 1. The van der Waals surface area contributed by atoms with Crippen LogP contribution in [0.4, 0.5) is 5.69 Å². The van der Waals surface area contributed by atoms with Crippen LogP contribution in [-0.2, 0) is 20.0 Å². The van der Waals surface area contributed by atoms with Crippen LogP contribution in [0.2, 0.25) is 5.02 Å². The molecule has 0 aliphatic rings. The largest absolute Gasteiger partial charge is 0.495 e. The van der Waals surface area contributed by atoms with Crippen molar-refractivity contribution >= 4 is 43.4 Å². The van der Waals surface area contributed by atoms with Crippen molar-refractivity contribution < 1.29 is 21.6 Å². The highest BCUT2D eigenvalue weighted by Gasteiger charge is 2.17. The maximum absolute atomic E-state index is 12.1. The van der Waals surface area contributed by atoms with Gasteiger partial charge in [-0.15, -0.1) is 0 Å². The monoisotopic (exact) mass is 402 g/mol. The first-order valence-corrected chi connectivity index (χ1v) is 10.2. The first kappa shape index (κ1) is 19.3. The average molecular weight is 403 g/mol. The second-order valence-electron chi connectivity index (χ2n) is 4.91. The Kier molecular flexibility index (Phi) is 5.73. The molecule has 0 heterocycles. The summed E-state index contributed by atoms with van der Waals surface area (Å²) in [6.45, 7) is 0. The molecule has 10 heteroatoms. The highest BCUT2D eigenvalue weighted by molar-refractivity contribution is 7.95. The van der Waals surface area contributed by atoms with Gasteiger partial charge in [-0.1, -0.05) is 23.7 Å². The van der Waals surface area contributed by atoms with E-state index in [1.54, 1.807) is 24.3 Å². The Balaban J connectivity index is 2.27. The van der Waals surface area contributed by atoms with Crippen molar-refractivity contribution in [2.75, 3.05) is 11.8 Å². The number of ether oxygens (including phenoxy) is 1. The van der Waals surface area contributed by atoms with E-state index >= 15 is 0 Å². The molecule has 2 rings (SSSR count). The highest BCUT2D eigenvalue weighted by atomic mass is 35.5. The molecule has 0 bridgehead atoms. The maximum atomic E-state index is 12.1. The Morgan fingerprint density at radius 3 is 2.28 bits per heavy atom. The molecule has 0 aliphatic heterocycles. The number of rotatable bonds is 6. The van der Waals surface area contributed by atoms with Gasteiger partial charge in [-0.05, 0) is 42.0 Å². The molecule has 0 atom stereocenters. The lowest BCUT2D eigenvalue weighted by Gasteiger charge is -2.10. The van der Waals surface area contributed by atoms with Gasteiger partial charge in [0.2, 0.25) is 10.0 Å². The van der Waals surface area contributed by atoms with E-state index in [0.29, 0.717) is 10.6 Å².